The van der Waals surface area contributed by atoms with Crippen molar-refractivity contribution in [1.82, 2.24) is 9.88 Å². The van der Waals surface area contributed by atoms with E-state index >= 15 is 0 Å². The first kappa shape index (κ1) is 23.8. The topological polar surface area (TPSA) is 89.9 Å². The zero-order chi connectivity index (χ0) is 24.9. The molecule has 4 amide bonds. The number of carbonyl (C=O) groups is 3. The molecule has 0 radical (unpaired) electrons. The van der Waals surface area contributed by atoms with Gasteiger partial charge in [0, 0.05) is 11.9 Å². The van der Waals surface area contributed by atoms with Crippen LogP contribution in [0, 0.1) is 6.92 Å². The van der Waals surface area contributed by atoms with Crippen LogP contribution in [0.25, 0.3) is 6.08 Å². The van der Waals surface area contributed by atoms with E-state index in [0.717, 1.165) is 22.4 Å². The number of rotatable bonds is 8. The first-order valence-corrected chi connectivity index (χ1v) is 11.3. The minimum absolute atomic E-state index is 0.120. The van der Waals surface area contributed by atoms with Gasteiger partial charge in [0.05, 0.1) is 19.3 Å². The largest absolute Gasteiger partial charge is 0.493 e. The molecule has 1 saturated heterocycles. The van der Waals surface area contributed by atoms with E-state index in [0.29, 0.717) is 36.0 Å². The molecule has 2 aromatic carbocycles. The van der Waals surface area contributed by atoms with Gasteiger partial charge in [-0.3, -0.25) is 14.9 Å². The molecule has 8 nitrogen and oxygen atoms in total. The quantitative estimate of drug-likeness (QED) is 0.393. The summed E-state index contributed by atoms with van der Waals surface area (Å²) in [6.07, 6.45) is 4.16. The van der Waals surface area contributed by atoms with Crippen LogP contribution in [0.5, 0.6) is 11.5 Å². The van der Waals surface area contributed by atoms with Crippen molar-refractivity contribution in [3.8, 4) is 11.5 Å². The zero-order valence-electron chi connectivity index (χ0n) is 19.9. The molecule has 180 valence electrons. The molecule has 0 bridgehead atoms. The van der Waals surface area contributed by atoms with Crippen molar-refractivity contribution in [3.63, 3.8) is 0 Å². The number of barbiturate groups is 1. The maximum Gasteiger partial charge on any atom is 0.335 e. The molecule has 1 aromatic heterocycles. The van der Waals surface area contributed by atoms with Crippen LogP contribution in [-0.4, -0.2) is 36.1 Å². The zero-order valence-corrected chi connectivity index (χ0v) is 19.9. The smallest absolute Gasteiger partial charge is 0.335 e. The van der Waals surface area contributed by atoms with Crippen molar-refractivity contribution in [2.24, 2.45) is 0 Å². The van der Waals surface area contributed by atoms with Crippen molar-refractivity contribution >= 4 is 29.6 Å². The van der Waals surface area contributed by atoms with Crippen LogP contribution < -0.4 is 19.7 Å². The lowest BCUT2D eigenvalue weighted by atomic mass is 10.1. The second kappa shape index (κ2) is 10.3. The number of methoxy groups -OCH3 is 1. The van der Waals surface area contributed by atoms with E-state index in [1.807, 2.05) is 61.0 Å². The summed E-state index contributed by atoms with van der Waals surface area (Å²) >= 11 is 0. The summed E-state index contributed by atoms with van der Waals surface area (Å²) < 4.78 is 13.1. The van der Waals surface area contributed by atoms with Crippen LogP contribution in [0.2, 0.25) is 0 Å². The van der Waals surface area contributed by atoms with Crippen molar-refractivity contribution < 1.29 is 23.9 Å². The van der Waals surface area contributed by atoms with Crippen molar-refractivity contribution in [2.75, 3.05) is 18.6 Å². The number of hydrogen-bond acceptors (Lipinski definition) is 5. The molecular weight excluding hydrogens is 446 g/mol. The molecule has 0 spiro atoms. The number of aryl methyl sites for hydroxylation is 2. The Balaban J connectivity index is 1.52. The molecule has 2 heterocycles. The number of aromatic nitrogens is 1. The summed E-state index contributed by atoms with van der Waals surface area (Å²) in [4.78, 5) is 39.1. The van der Waals surface area contributed by atoms with Gasteiger partial charge in [-0.2, -0.15) is 0 Å². The highest BCUT2D eigenvalue weighted by Crippen LogP contribution is 2.28. The van der Waals surface area contributed by atoms with Gasteiger partial charge in [0.15, 0.2) is 11.5 Å². The van der Waals surface area contributed by atoms with Crippen LogP contribution in [0.1, 0.15) is 23.7 Å². The Hall–Kier alpha value is -4.33. The molecule has 35 heavy (non-hydrogen) atoms. The minimum atomic E-state index is -0.766. The molecule has 1 fully saturated rings. The fourth-order valence-electron chi connectivity index (χ4n) is 3.83. The number of hydrogen-bond donors (Lipinski definition) is 1. The summed E-state index contributed by atoms with van der Waals surface area (Å²) in [6, 6.07) is 15.6. The molecule has 1 aliphatic rings. The number of nitrogens with one attached hydrogen (secondary N) is 1. The highest BCUT2D eigenvalue weighted by Gasteiger charge is 2.36. The maximum atomic E-state index is 13.2. The molecule has 1 aliphatic heterocycles. The number of carbonyl (C=O) groups excluding carboxylic acids is 3. The van der Waals surface area contributed by atoms with E-state index in [1.54, 1.807) is 25.3 Å². The van der Waals surface area contributed by atoms with E-state index < -0.39 is 17.8 Å². The van der Waals surface area contributed by atoms with Gasteiger partial charge in [-0.25, -0.2) is 9.69 Å². The number of ether oxygens (including phenoxy) is 2. The SMILES string of the molecule is CCc1ccc(N2C(=O)NC(=O)C(=Cc3cccn3CCOc3ccc(C)cc3OC)C2=O)cc1. The lowest BCUT2D eigenvalue weighted by molar-refractivity contribution is -0.122. The minimum Gasteiger partial charge on any atom is -0.493 e. The average molecular weight is 474 g/mol. The van der Waals surface area contributed by atoms with E-state index in [1.165, 1.54) is 6.08 Å². The van der Waals surface area contributed by atoms with E-state index in [9.17, 15) is 14.4 Å². The van der Waals surface area contributed by atoms with Crippen LogP contribution in [0.15, 0.2) is 66.4 Å². The molecular formula is C27H27N3O5. The first-order valence-electron chi connectivity index (χ1n) is 11.3. The number of imide groups is 2. The third kappa shape index (κ3) is 5.11. The third-order valence-electron chi connectivity index (χ3n) is 5.77. The van der Waals surface area contributed by atoms with Crippen molar-refractivity contribution in [3.05, 3.63) is 83.2 Å². The molecule has 0 aliphatic carbocycles. The monoisotopic (exact) mass is 473 g/mol. The third-order valence-corrected chi connectivity index (χ3v) is 5.77. The lowest BCUT2D eigenvalue weighted by Crippen LogP contribution is -2.54. The number of anilines is 1. The molecule has 1 N–H and O–H groups in total. The molecule has 0 atom stereocenters. The van der Waals surface area contributed by atoms with Crippen LogP contribution in [0.3, 0.4) is 0 Å². The molecule has 3 aromatic rings. The highest BCUT2D eigenvalue weighted by atomic mass is 16.5. The molecule has 4 rings (SSSR count). The molecule has 8 heteroatoms. The Morgan fingerprint density at radius 3 is 2.49 bits per heavy atom. The second-order valence-corrected chi connectivity index (χ2v) is 8.11. The summed E-state index contributed by atoms with van der Waals surface area (Å²) in [5.41, 5.74) is 3.06. The van der Waals surface area contributed by atoms with Gasteiger partial charge < -0.3 is 14.0 Å². The van der Waals surface area contributed by atoms with Gasteiger partial charge in [0.25, 0.3) is 11.8 Å². The van der Waals surface area contributed by atoms with E-state index in [4.69, 9.17) is 9.47 Å². The van der Waals surface area contributed by atoms with Gasteiger partial charge in [0.2, 0.25) is 0 Å². The first-order chi connectivity index (χ1) is 16.9. The van der Waals surface area contributed by atoms with Crippen molar-refractivity contribution in [1.29, 1.82) is 0 Å². The predicted molar refractivity (Wildman–Crippen MR) is 132 cm³/mol. The van der Waals surface area contributed by atoms with E-state index in [-0.39, 0.29) is 5.57 Å². The number of nitrogens with zero attached hydrogens (tertiary/aromatic N) is 2. The fourth-order valence-corrected chi connectivity index (χ4v) is 3.83. The predicted octanol–water partition coefficient (Wildman–Crippen LogP) is 4.11. The number of benzene rings is 2. The number of amides is 4. The fraction of sp³-hybridized carbons (Fsp3) is 0.222. The van der Waals surface area contributed by atoms with Gasteiger partial charge in [0.1, 0.15) is 12.2 Å². The van der Waals surface area contributed by atoms with Gasteiger partial charge in [-0.15, -0.1) is 0 Å². The Morgan fingerprint density at radius 2 is 1.77 bits per heavy atom. The van der Waals surface area contributed by atoms with Crippen LogP contribution in [-0.2, 0) is 22.6 Å². The second-order valence-electron chi connectivity index (χ2n) is 8.11. The standard InChI is InChI=1S/C27H27N3O5/c1-4-19-8-10-20(11-9-19)30-26(32)22(25(31)28-27(30)33)17-21-6-5-13-29(21)14-15-35-23-12-7-18(2)16-24(23)34-3/h5-13,16-17H,4,14-15H2,1-3H3,(H,28,31,33). The van der Waals surface area contributed by atoms with Crippen LogP contribution in [0.4, 0.5) is 10.5 Å². The van der Waals surface area contributed by atoms with Crippen molar-refractivity contribution in [2.45, 2.75) is 26.8 Å². The van der Waals surface area contributed by atoms with Gasteiger partial charge in [-0.05, 0) is 66.9 Å². The Bertz CT molecular complexity index is 1290. The summed E-state index contributed by atoms with van der Waals surface area (Å²) in [7, 11) is 1.59. The number of urea groups is 1. The molecule has 0 unspecified atom stereocenters. The Labute approximate surface area is 203 Å². The summed E-state index contributed by atoms with van der Waals surface area (Å²) in [5, 5.41) is 2.26. The Kier molecular flexibility index (Phi) is 7.01. The van der Waals surface area contributed by atoms with Gasteiger partial charge >= 0.3 is 6.03 Å². The normalized spacial score (nSPS) is 14.9. The average Bonchev–Trinajstić information content (AvgIpc) is 3.29. The van der Waals surface area contributed by atoms with Crippen LogP contribution >= 0.6 is 0 Å². The lowest BCUT2D eigenvalue weighted by Gasteiger charge is -2.26. The Morgan fingerprint density at radius 1 is 1.00 bits per heavy atom. The summed E-state index contributed by atoms with van der Waals surface area (Å²) in [5.74, 6) is -0.109. The van der Waals surface area contributed by atoms with Gasteiger partial charge in [-0.1, -0.05) is 25.1 Å². The highest BCUT2D eigenvalue weighted by molar-refractivity contribution is 6.39. The molecule has 0 saturated carbocycles. The van der Waals surface area contributed by atoms with E-state index in [2.05, 4.69) is 5.32 Å². The maximum absolute atomic E-state index is 13.2. The summed E-state index contributed by atoms with van der Waals surface area (Å²) in [6.45, 7) is 4.81.